The summed E-state index contributed by atoms with van der Waals surface area (Å²) < 4.78 is 23.1. The first-order valence-corrected chi connectivity index (χ1v) is 1.88. The minimum Gasteiger partial charge on any atom is -0.192 e. The number of alkyl halides is 2. The highest BCUT2D eigenvalue weighted by Gasteiger charge is 2.14. The van der Waals surface area contributed by atoms with Gasteiger partial charge in [0.2, 0.25) is 0 Å². The van der Waals surface area contributed by atoms with Gasteiger partial charge in [-0.15, -0.1) is 5.92 Å². The van der Waals surface area contributed by atoms with Crippen molar-refractivity contribution in [2.24, 2.45) is 0 Å². The van der Waals surface area contributed by atoms with Gasteiger partial charge in [-0.25, -0.2) is 0 Å². The highest BCUT2D eigenvalue weighted by atomic mass is 19.3. The molecule has 0 amide bonds. The molecule has 0 aromatic carbocycles. The Bertz CT molecular complexity index is 99.5. The Balaban J connectivity index is 3.72. The van der Waals surface area contributed by atoms with Crippen LogP contribution in [0.5, 0.6) is 0 Å². The molecule has 0 unspecified atom stereocenters. The fraction of sp³-hybridized carbons (Fsp3) is 0.600. The van der Waals surface area contributed by atoms with E-state index in [9.17, 15) is 8.78 Å². The molecule has 0 aliphatic carbocycles. The van der Waals surface area contributed by atoms with Crippen LogP contribution in [0.4, 0.5) is 8.78 Å². The number of rotatable bonds is 0. The topological polar surface area (TPSA) is 0 Å². The first kappa shape index (κ1) is 6.42. The van der Waals surface area contributed by atoms with E-state index >= 15 is 0 Å². The van der Waals surface area contributed by atoms with E-state index in [0.29, 0.717) is 0 Å². The lowest BCUT2D eigenvalue weighted by Crippen LogP contribution is -2.03. The third kappa shape index (κ3) is 5.42. The lowest BCUT2D eigenvalue weighted by atomic mass is 10.4. The molecule has 40 valence electrons. The monoisotopic (exact) mass is 104 g/mol. The average Bonchev–Trinajstić information content (AvgIpc) is 1.30. The van der Waals surface area contributed by atoms with E-state index in [1.54, 1.807) is 5.92 Å². The molecule has 0 rings (SSSR count). The summed E-state index contributed by atoms with van der Waals surface area (Å²) in [6, 6.07) is 0. The van der Waals surface area contributed by atoms with Crippen molar-refractivity contribution in [3.05, 3.63) is 0 Å². The lowest BCUT2D eigenvalue weighted by molar-refractivity contribution is 0.0889. The highest BCUT2D eigenvalue weighted by Crippen LogP contribution is 2.07. The molecule has 7 heavy (non-hydrogen) atoms. The van der Waals surface area contributed by atoms with E-state index in [2.05, 4.69) is 5.92 Å². The van der Waals surface area contributed by atoms with Crippen LogP contribution in [0.15, 0.2) is 0 Å². The second-order valence-electron chi connectivity index (χ2n) is 1.26. The van der Waals surface area contributed by atoms with Crippen LogP contribution in [0.2, 0.25) is 0 Å². The molecule has 0 aliphatic heterocycles. The number of hydrogen-bond donors (Lipinski definition) is 0. The van der Waals surface area contributed by atoms with Crippen LogP contribution >= 0.6 is 0 Å². The predicted molar refractivity (Wildman–Crippen MR) is 24.1 cm³/mol. The maximum Gasteiger partial charge on any atom is 0.305 e. The molecule has 0 fully saturated rings. The average molecular weight is 104 g/mol. The Morgan fingerprint density at radius 2 is 1.86 bits per heavy atom. The zero-order valence-corrected chi connectivity index (χ0v) is 4.26. The Morgan fingerprint density at radius 3 is 1.86 bits per heavy atom. The Hall–Kier alpha value is -0.580. The summed E-state index contributed by atoms with van der Waals surface area (Å²) in [5, 5.41) is 0. The molecule has 0 radical (unpaired) electrons. The van der Waals surface area contributed by atoms with Gasteiger partial charge in [0.15, 0.2) is 0 Å². The standard InChI is InChI=1S/C5H6F2/c1-3-4-5(2,6)7/h1-2H3. The Labute approximate surface area is 41.5 Å². The molecule has 0 saturated carbocycles. The molecule has 0 aromatic heterocycles. The maximum atomic E-state index is 11.5. The second-order valence-corrected chi connectivity index (χ2v) is 1.26. The summed E-state index contributed by atoms with van der Waals surface area (Å²) >= 11 is 0. The van der Waals surface area contributed by atoms with Gasteiger partial charge in [-0.2, -0.15) is 8.78 Å². The van der Waals surface area contributed by atoms with E-state index in [4.69, 9.17) is 0 Å². The first-order valence-electron chi connectivity index (χ1n) is 1.88. The van der Waals surface area contributed by atoms with Crippen molar-refractivity contribution in [1.82, 2.24) is 0 Å². The molecule has 0 aliphatic rings. The molecule has 0 bridgehead atoms. The molecule has 0 nitrogen and oxygen atoms in total. The number of halogens is 2. The van der Waals surface area contributed by atoms with Crippen LogP contribution in [0.25, 0.3) is 0 Å². The molecule has 0 N–H and O–H groups in total. The molecular formula is C5H6F2. The van der Waals surface area contributed by atoms with E-state index in [-0.39, 0.29) is 0 Å². The van der Waals surface area contributed by atoms with Crippen molar-refractivity contribution >= 4 is 0 Å². The molecule has 0 heterocycles. The quantitative estimate of drug-likeness (QED) is 0.410. The first-order chi connectivity index (χ1) is 3.06. The van der Waals surface area contributed by atoms with Crippen molar-refractivity contribution in [2.45, 2.75) is 19.8 Å². The molecule has 2 heteroatoms. The van der Waals surface area contributed by atoms with Gasteiger partial charge >= 0.3 is 5.92 Å². The van der Waals surface area contributed by atoms with Crippen molar-refractivity contribution in [3.63, 3.8) is 0 Å². The summed E-state index contributed by atoms with van der Waals surface area (Å²) in [7, 11) is 0. The van der Waals surface area contributed by atoms with Gasteiger partial charge in [0.25, 0.3) is 0 Å². The molecular weight excluding hydrogens is 98.1 g/mol. The predicted octanol–water partition coefficient (Wildman–Crippen LogP) is 1.66. The number of hydrogen-bond acceptors (Lipinski definition) is 0. The van der Waals surface area contributed by atoms with Crippen LogP contribution in [-0.2, 0) is 0 Å². The third-order valence-electron chi connectivity index (χ3n) is 0.344. The molecule has 0 spiro atoms. The minimum absolute atomic E-state index is 0.767. The van der Waals surface area contributed by atoms with Gasteiger partial charge in [0, 0.05) is 6.92 Å². The zero-order valence-electron chi connectivity index (χ0n) is 4.26. The van der Waals surface area contributed by atoms with Gasteiger partial charge in [0.05, 0.1) is 0 Å². The van der Waals surface area contributed by atoms with Crippen LogP contribution in [0, 0.1) is 11.8 Å². The molecule has 0 aromatic rings. The van der Waals surface area contributed by atoms with Gasteiger partial charge in [0.1, 0.15) is 0 Å². The summed E-state index contributed by atoms with van der Waals surface area (Å²) in [6.45, 7) is 2.15. The van der Waals surface area contributed by atoms with Gasteiger partial charge in [-0.3, -0.25) is 0 Å². The van der Waals surface area contributed by atoms with Crippen molar-refractivity contribution in [1.29, 1.82) is 0 Å². The van der Waals surface area contributed by atoms with E-state index in [1.807, 2.05) is 0 Å². The van der Waals surface area contributed by atoms with Crippen LogP contribution < -0.4 is 0 Å². The lowest BCUT2D eigenvalue weighted by Gasteiger charge is -1.94. The molecule has 0 atom stereocenters. The summed E-state index contributed by atoms with van der Waals surface area (Å²) in [5.41, 5.74) is 0. The normalized spacial score (nSPS) is 9.71. The largest absolute Gasteiger partial charge is 0.305 e. The molecule has 0 saturated heterocycles. The van der Waals surface area contributed by atoms with Crippen LogP contribution in [0.1, 0.15) is 13.8 Å². The summed E-state index contributed by atoms with van der Waals surface area (Å²) in [5.74, 6) is 0.998. The Kier molecular flexibility index (Phi) is 1.76. The van der Waals surface area contributed by atoms with E-state index < -0.39 is 5.92 Å². The summed E-state index contributed by atoms with van der Waals surface area (Å²) in [6.07, 6.45) is 0. The SMILES string of the molecule is CC#CC(C)(F)F. The third-order valence-corrected chi connectivity index (χ3v) is 0.344. The second kappa shape index (κ2) is 1.92. The summed E-state index contributed by atoms with van der Waals surface area (Å²) in [4.78, 5) is 0. The van der Waals surface area contributed by atoms with E-state index in [1.165, 1.54) is 6.92 Å². The zero-order chi connectivity index (χ0) is 5.91. The highest BCUT2D eigenvalue weighted by molar-refractivity contribution is 5.04. The fourth-order valence-corrected chi connectivity index (χ4v) is 0.219. The van der Waals surface area contributed by atoms with Crippen molar-refractivity contribution in [3.8, 4) is 11.8 Å². The van der Waals surface area contributed by atoms with Gasteiger partial charge in [-0.1, -0.05) is 0 Å². The minimum atomic E-state index is -2.81. The Morgan fingerprint density at radius 1 is 1.43 bits per heavy atom. The van der Waals surface area contributed by atoms with Gasteiger partial charge in [-0.05, 0) is 12.8 Å². The van der Waals surface area contributed by atoms with Gasteiger partial charge < -0.3 is 0 Å². The van der Waals surface area contributed by atoms with E-state index in [0.717, 1.165) is 6.92 Å². The van der Waals surface area contributed by atoms with Crippen molar-refractivity contribution < 1.29 is 8.78 Å². The smallest absolute Gasteiger partial charge is 0.192 e. The van der Waals surface area contributed by atoms with Crippen LogP contribution in [-0.4, -0.2) is 5.92 Å². The fourth-order valence-electron chi connectivity index (χ4n) is 0.219. The maximum absolute atomic E-state index is 11.5. The van der Waals surface area contributed by atoms with Crippen molar-refractivity contribution in [2.75, 3.05) is 0 Å². The van der Waals surface area contributed by atoms with Crippen LogP contribution in [0.3, 0.4) is 0 Å².